The van der Waals surface area contributed by atoms with Gasteiger partial charge < -0.3 is 19.4 Å². The fourth-order valence-corrected chi connectivity index (χ4v) is 5.37. The van der Waals surface area contributed by atoms with Crippen LogP contribution in [0.5, 0.6) is 5.75 Å². The Morgan fingerprint density at radius 1 is 1.09 bits per heavy atom. The quantitative estimate of drug-likeness (QED) is 0.283. The number of nitrogens with zero attached hydrogens (tertiary/aromatic N) is 2. The first-order valence-corrected chi connectivity index (χ1v) is 12.3. The maximum atomic E-state index is 6.45. The van der Waals surface area contributed by atoms with Gasteiger partial charge in [-0.2, -0.15) is 0 Å². The number of nitrogens with one attached hydrogen (secondary N) is 1. The number of hydrogen-bond acceptors (Lipinski definition) is 5. The van der Waals surface area contributed by atoms with Crippen LogP contribution in [-0.4, -0.2) is 17.2 Å². The molecule has 34 heavy (non-hydrogen) atoms. The number of thiocarbonyl (C=S) groups is 1. The van der Waals surface area contributed by atoms with E-state index in [-0.39, 0.29) is 12.1 Å². The monoisotopic (exact) mass is 507 g/mol. The second-order valence-electron chi connectivity index (χ2n) is 7.89. The van der Waals surface area contributed by atoms with Crippen LogP contribution in [0, 0.1) is 6.92 Å². The smallest absolute Gasteiger partial charge is 0.174 e. The SMILES string of the molecule is COc1ccc(N2C(=S)N[C@@H](c3ccccn3)[C@H]2c2ccc(Sc3ccc(C)cc3)o2)cc1Cl. The molecule has 0 bridgehead atoms. The molecule has 1 saturated heterocycles. The zero-order valence-corrected chi connectivity index (χ0v) is 21.0. The lowest BCUT2D eigenvalue weighted by molar-refractivity contribution is 0.383. The molecule has 1 aliphatic heterocycles. The van der Waals surface area contributed by atoms with Crippen LogP contribution in [0.2, 0.25) is 5.02 Å². The van der Waals surface area contributed by atoms with Crippen molar-refractivity contribution in [3.05, 3.63) is 101 Å². The topological polar surface area (TPSA) is 50.5 Å². The van der Waals surface area contributed by atoms with Gasteiger partial charge in [0.1, 0.15) is 17.6 Å². The molecule has 2 aromatic heterocycles. The van der Waals surface area contributed by atoms with E-state index in [0.29, 0.717) is 15.9 Å². The average molecular weight is 508 g/mol. The van der Waals surface area contributed by atoms with E-state index in [1.54, 1.807) is 25.1 Å². The zero-order valence-electron chi connectivity index (χ0n) is 18.6. The summed E-state index contributed by atoms with van der Waals surface area (Å²) >= 11 is 13.8. The second-order valence-corrected chi connectivity index (χ2v) is 9.76. The summed E-state index contributed by atoms with van der Waals surface area (Å²) in [5.41, 5.74) is 2.94. The molecule has 0 aliphatic carbocycles. The fraction of sp³-hybridized carbons (Fsp3) is 0.154. The highest BCUT2D eigenvalue weighted by Gasteiger charge is 2.42. The van der Waals surface area contributed by atoms with Crippen molar-refractivity contribution in [2.24, 2.45) is 0 Å². The highest BCUT2D eigenvalue weighted by Crippen LogP contribution is 2.44. The highest BCUT2D eigenvalue weighted by atomic mass is 35.5. The minimum absolute atomic E-state index is 0.196. The van der Waals surface area contributed by atoms with E-state index in [9.17, 15) is 0 Å². The summed E-state index contributed by atoms with van der Waals surface area (Å²) in [6.07, 6.45) is 1.78. The van der Waals surface area contributed by atoms with E-state index in [4.69, 9.17) is 33.0 Å². The van der Waals surface area contributed by atoms with Crippen molar-refractivity contribution in [1.29, 1.82) is 0 Å². The number of methoxy groups -OCH3 is 1. The minimum atomic E-state index is -0.251. The van der Waals surface area contributed by atoms with E-state index in [1.807, 2.05) is 53.4 Å². The number of furan rings is 1. The van der Waals surface area contributed by atoms with Gasteiger partial charge in [-0.15, -0.1) is 0 Å². The number of hydrogen-bond donors (Lipinski definition) is 1. The molecule has 0 spiro atoms. The van der Waals surface area contributed by atoms with Crippen LogP contribution in [0.15, 0.2) is 93.4 Å². The van der Waals surface area contributed by atoms with Gasteiger partial charge in [0.05, 0.1) is 23.9 Å². The standard InChI is InChI=1S/C26H22ClN3O2S2/c1-16-6-9-18(10-7-16)34-23-13-12-22(32-23)25-24(20-5-3-4-14-28-20)29-26(33)30(25)17-8-11-21(31-2)19(27)15-17/h3-15,24-25H,1-2H3,(H,29,33)/t24-,25+/m0/s1. The first-order valence-electron chi connectivity index (χ1n) is 10.7. The number of benzene rings is 2. The fourth-order valence-electron chi connectivity index (χ4n) is 4.00. The van der Waals surface area contributed by atoms with Crippen molar-refractivity contribution in [3.8, 4) is 5.75 Å². The normalized spacial score (nSPS) is 17.6. The first-order chi connectivity index (χ1) is 16.5. The Hall–Kier alpha value is -3.00. The third-order valence-corrected chi connectivity index (χ3v) is 7.18. The van der Waals surface area contributed by atoms with Crippen LogP contribution in [0.3, 0.4) is 0 Å². The largest absolute Gasteiger partial charge is 0.495 e. The molecule has 1 fully saturated rings. The maximum Gasteiger partial charge on any atom is 0.174 e. The summed E-state index contributed by atoms with van der Waals surface area (Å²) < 4.78 is 11.7. The Labute approximate surface area is 213 Å². The number of aromatic nitrogens is 1. The molecule has 5 rings (SSSR count). The lowest BCUT2D eigenvalue weighted by Crippen LogP contribution is -2.29. The molecule has 2 aromatic carbocycles. The molecule has 0 saturated carbocycles. The third kappa shape index (κ3) is 4.51. The highest BCUT2D eigenvalue weighted by molar-refractivity contribution is 7.99. The van der Waals surface area contributed by atoms with Crippen molar-refractivity contribution in [3.63, 3.8) is 0 Å². The van der Waals surface area contributed by atoms with Crippen molar-refractivity contribution >= 4 is 46.4 Å². The van der Waals surface area contributed by atoms with Crippen LogP contribution in [-0.2, 0) is 0 Å². The molecule has 2 atom stereocenters. The first kappa shape index (κ1) is 22.8. The molecular formula is C26H22ClN3O2S2. The Bertz CT molecular complexity index is 1310. The van der Waals surface area contributed by atoms with Crippen LogP contribution >= 0.6 is 35.6 Å². The molecule has 172 valence electrons. The van der Waals surface area contributed by atoms with Gasteiger partial charge in [-0.1, -0.05) is 47.1 Å². The van der Waals surface area contributed by atoms with Gasteiger partial charge in [-0.25, -0.2) is 0 Å². The lowest BCUT2D eigenvalue weighted by atomic mass is 10.0. The molecular weight excluding hydrogens is 486 g/mol. The average Bonchev–Trinajstić information content (AvgIpc) is 3.45. The number of halogens is 1. The van der Waals surface area contributed by atoms with Crippen LogP contribution in [0.1, 0.15) is 29.1 Å². The Morgan fingerprint density at radius 3 is 2.62 bits per heavy atom. The van der Waals surface area contributed by atoms with Gasteiger partial charge in [0, 0.05) is 16.8 Å². The summed E-state index contributed by atoms with van der Waals surface area (Å²) in [7, 11) is 1.60. The number of rotatable bonds is 6. The van der Waals surface area contributed by atoms with E-state index >= 15 is 0 Å². The van der Waals surface area contributed by atoms with E-state index < -0.39 is 0 Å². The van der Waals surface area contributed by atoms with Gasteiger partial charge in [0.25, 0.3) is 0 Å². The van der Waals surface area contributed by atoms with Crippen molar-refractivity contribution in [1.82, 2.24) is 10.3 Å². The van der Waals surface area contributed by atoms with E-state index in [0.717, 1.165) is 27.1 Å². The molecule has 0 unspecified atom stereocenters. The van der Waals surface area contributed by atoms with Crippen molar-refractivity contribution < 1.29 is 9.15 Å². The molecule has 0 amide bonds. The zero-order chi connectivity index (χ0) is 23.7. The molecule has 3 heterocycles. The molecule has 1 aliphatic rings. The molecule has 4 aromatic rings. The molecule has 5 nitrogen and oxygen atoms in total. The van der Waals surface area contributed by atoms with Crippen LogP contribution in [0.25, 0.3) is 0 Å². The van der Waals surface area contributed by atoms with Crippen molar-refractivity contribution in [2.45, 2.75) is 29.0 Å². The third-order valence-electron chi connectivity index (χ3n) is 5.64. The number of pyridine rings is 1. The maximum absolute atomic E-state index is 6.45. The lowest BCUT2D eigenvalue weighted by Gasteiger charge is -2.26. The number of ether oxygens (including phenoxy) is 1. The predicted octanol–water partition coefficient (Wildman–Crippen LogP) is 6.97. The number of aryl methyl sites for hydroxylation is 1. The van der Waals surface area contributed by atoms with Crippen molar-refractivity contribution in [2.75, 3.05) is 12.0 Å². The summed E-state index contributed by atoms with van der Waals surface area (Å²) in [6.45, 7) is 2.08. The van der Waals surface area contributed by atoms with Crippen LogP contribution < -0.4 is 15.0 Å². The van der Waals surface area contributed by atoms with Gasteiger partial charge in [-0.3, -0.25) is 4.98 Å². The van der Waals surface area contributed by atoms with E-state index in [1.165, 1.54) is 5.56 Å². The van der Waals surface area contributed by atoms with Gasteiger partial charge in [0.2, 0.25) is 0 Å². The molecule has 0 radical (unpaired) electrons. The summed E-state index contributed by atoms with van der Waals surface area (Å²) in [5.74, 6) is 1.39. The summed E-state index contributed by atoms with van der Waals surface area (Å²) in [4.78, 5) is 7.73. The van der Waals surface area contributed by atoms with Gasteiger partial charge >= 0.3 is 0 Å². The van der Waals surface area contributed by atoms with Gasteiger partial charge in [0.15, 0.2) is 10.2 Å². The Kier molecular flexibility index (Phi) is 6.50. The van der Waals surface area contributed by atoms with Crippen LogP contribution in [0.4, 0.5) is 5.69 Å². The van der Waals surface area contributed by atoms with Gasteiger partial charge in [-0.05, 0) is 73.7 Å². The predicted molar refractivity (Wildman–Crippen MR) is 140 cm³/mol. The summed E-state index contributed by atoms with van der Waals surface area (Å²) in [6, 6.07) is 23.4. The Morgan fingerprint density at radius 2 is 1.91 bits per heavy atom. The number of anilines is 1. The minimum Gasteiger partial charge on any atom is -0.495 e. The summed E-state index contributed by atoms with van der Waals surface area (Å²) in [5, 5.41) is 5.33. The van der Waals surface area contributed by atoms with E-state index in [2.05, 4.69) is 41.5 Å². The Balaban J connectivity index is 1.53. The molecule has 8 heteroatoms. The second kappa shape index (κ2) is 9.70. The molecule has 1 N–H and O–H groups in total.